The minimum atomic E-state index is -0.676. The van der Waals surface area contributed by atoms with Gasteiger partial charge in [0.1, 0.15) is 5.75 Å². The normalized spacial score (nSPS) is 9.76. The van der Waals surface area contributed by atoms with Crippen LogP contribution in [0.15, 0.2) is 11.3 Å². The highest BCUT2D eigenvalue weighted by Crippen LogP contribution is 2.23. The fourth-order valence-corrected chi connectivity index (χ4v) is 1.18. The summed E-state index contributed by atoms with van der Waals surface area (Å²) < 4.78 is 0. The van der Waals surface area contributed by atoms with Crippen molar-refractivity contribution < 1.29 is 15.0 Å². The molecule has 0 aliphatic heterocycles. The standard InChI is InChI=1S/C9H13N5O3/c1-4-7(16)6(3-15)5(2-12-4)8(17)13-14-9(10)11/h2,15-16H,3H2,1H3,(H,13,17)(H4,10,11,14). The number of aliphatic hydroxyl groups excluding tert-OH is 1. The van der Waals surface area contributed by atoms with Crippen LogP contribution in [0.5, 0.6) is 5.75 Å². The Balaban J connectivity index is 3.10. The Bertz CT molecular complexity index is 468. The molecular formula is C9H13N5O3. The van der Waals surface area contributed by atoms with Crippen LogP contribution < -0.4 is 16.9 Å². The van der Waals surface area contributed by atoms with E-state index in [0.717, 1.165) is 0 Å². The molecule has 1 aromatic rings. The molecule has 0 aliphatic carbocycles. The third kappa shape index (κ3) is 2.82. The Morgan fingerprint density at radius 1 is 1.59 bits per heavy atom. The number of aromatic hydroxyl groups is 1. The van der Waals surface area contributed by atoms with Gasteiger partial charge in [0.25, 0.3) is 5.91 Å². The highest BCUT2D eigenvalue weighted by molar-refractivity contribution is 5.96. The minimum absolute atomic E-state index is 0.000556. The summed E-state index contributed by atoms with van der Waals surface area (Å²) in [6.45, 7) is 1.05. The molecular weight excluding hydrogens is 226 g/mol. The van der Waals surface area contributed by atoms with E-state index >= 15 is 0 Å². The molecule has 0 aromatic carbocycles. The van der Waals surface area contributed by atoms with Gasteiger partial charge < -0.3 is 21.7 Å². The Labute approximate surface area is 97.0 Å². The number of nitrogens with one attached hydrogen (secondary N) is 1. The van der Waals surface area contributed by atoms with Crippen molar-refractivity contribution in [2.24, 2.45) is 16.6 Å². The summed E-state index contributed by atoms with van der Waals surface area (Å²) >= 11 is 0. The van der Waals surface area contributed by atoms with E-state index in [0.29, 0.717) is 5.69 Å². The van der Waals surface area contributed by atoms with Crippen LogP contribution in [0.1, 0.15) is 21.6 Å². The molecule has 1 rings (SSSR count). The van der Waals surface area contributed by atoms with E-state index in [1.54, 1.807) is 6.92 Å². The smallest absolute Gasteiger partial charge is 0.273 e. The monoisotopic (exact) mass is 239 g/mol. The van der Waals surface area contributed by atoms with Gasteiger partial charge in [-0.15, -0.1) is 5.10 Å². The number of carbonyl (C=O) groups excluding carboxylic acids is 1. The number of aryl methyl sites for hydroxylation is 1. The molecule has 8 heteroatoms. The van der Waals surface area contributed by atoms with Crippen molar-refractivity contribution in [1.29, 1.82) is 0 Å². The van der Waals surface area contributed by atoms with Gasteiger partial charge in [0.2, 0.25) is 5.96 Å². The van der Waals surface area contributed by atoms with Crippen molar-refractivity contribution in [2.75, 3.05) is 0 Å². The lowest BCUT2D eigenvalue weighted by molar-refractivity contribution is 0.0950. The molecule has 7 N–H and O–H groups in total. The Morgan fingerprint density at radius 2 is 2.24 bits per heavy atom. The van der Waals surface area contributed by atoms with Crippen molar-refractivity contribution >= 4 is 11.9 Å². The highest BCUT2D eigenvalue weighted by atomic mass is 16.3. The first kappa shape index (κ1) is 12.7. The van der Waals surface area contributed by atoms with Gasteiger partial charge in [0, 0.05) is 11.8 Å². The van der Waals surface area contributed by atoms with Gasteiger partial charge in [-0.1, -0.05) is 0 Å². The first-order valence-corrected chi connectivity index (χ1v) is 4.64. The summed E-state index contributed by atoms with van der Waals surface area (Å²) in [6, 6.07) is 0. The van der Waals surface area contributed by atoms with Crippen LogP contribution in [0.2, 0.25) is 0 Å². The molecule has 0 bridgehead atoms. The van der Waals surface area contributed by atoms with E-state index < -0.39 is 12.5 Å². The second-order valence-corrected chi connectivity index (χ2v) is 3.22. The topological polar surface area (TPSA) is 147 Å². The predicted octanol–water partition coefficient (Wildman–Crippen LogP) is -1.49. The molecule has 0 saturated carbocycles. The first-order valence-electron chi connectivity index (χ1n) is 4.64. The summed E-state index contributed by atoms with van der Waals surface area (Å²) in [5, 5.41) is 22.0. The molecule has 1 amide bonds. The summed E-state index contributed by atoms with van der Waals surface area (Å²) in [7, 11) is 0. The van der Waals surface area contributed by atoms with Gasteiger partial charge in [-0.05, 0) is 6.92 Å². The molecule has 0 aliphatic rings. The molecule has 92 valence electrons. The van der Waals surface area contributed by atoms with Gasteiger partial charge in [-0.25, -0.2) is 5.43 Å². The van der Waals surface area contributed by atoms with Gasteiger partial charge in [0.15, 0.2) is 0 Å². The van der Waals surface area contributed by atoms with Crippen LogP contribution in [-0.4, -0.2) is 27.1 Å². The molecule has 17 heavy (non-hydrogen) atoms. The van der Waals surface area contributed by atoms with Gasteiger partial charge >= 0.3 is 0 Å². The van der Waals surface area contributed by atoms with Gasteiger partial charge in [-0.2, -0.15) is 0 Å². The number of pyridine rings is 1. The Hall–Kier alpha value is -2.35. The lowest BCUT2D eigenvalue weighted by Gasteiger charge is -2.09. The average Bonchev–Trinajstić information content (AvgIpc) is 2.29. The van der Waals surface area contributed by atoms with Crippen molar-refractivity contribution in [1.82, 2.24) is 10.4 Å². The van der Waals surface area contributed by atoms with Crippen molar-refractivity contribution in [2.45, 2.75) is 13.5 Å². The zero-order valence-electron chi connectivity index (χ0n) is 9.14. The average molecular weight is 239 g/mol. The van der Waals surface area contributed by atoms with E-state index in [9.17, 15) is 9.90 Å². The van der Waals surface area contributed by atoms with Crippen LogP contribution in [0.25, 0.3) is 0 Å². The number of nitrogens with zero attached hydrogens (tertiary/aromatic N) is 2. The van der Waals surface area contributed by atoms with Gasteiger partial charge in [0.05, 0.1) is 17.9 Å². The number of aromatic nitrogens is 1. The number of carbonyl (C=O) groups is 1. The lowest BCUT2D eigenvalue weighted by Crippen LogP contribution is -2.29. The van der Waals surface area contributed by atoms with Gasteiger partial charge in [-0.3, -0.25) is 9.78 Å². The summed E-state index contributed by atoms with van der Waals surface area (Å²) in [4.78, 5) is 15.4. The largest absolute Gasteiger partial charge is 0.506 e. The number of hydrogen-bond donors (Lipinski definition) is 5. The maximum Gasteiger partial charge on any atom is 0.273 e. The molecule has 0 spiro atoms. The van der Waals surface area contributed by atoms with Crippen LogP contribution in [0, 0.1) is 6.92 Å². The summed E-state index contributed by atoms with van der Waals surface area (Å²) in [5.74, 6) is -1.22. The SMILES string of the molecule is Cc1ncc(C(=O)NN=C(N)N)c(CO)c1O. The van der Waals surface area contributed by atoms with Crippen LogP contribution in [0.4, 0.5) is 0 Å². The third-order valence-corrected chi connectivity index (χ3v) is 2.03. The number of nitrogens with two attached hydrogens (primary N) is 2. The molecule has 0 atom stereocenters. The van der Waals surface area contributed by atoms with E-state index in [2.05, 4.69) is 15.5 Å². The number of hydrazone groups is 1. The van der Waals surface area contributed by atoms with Crippen LogP contribution >= 0.6 is 0 Å². The molecule has 1 aromatic heterocycles. The molecule has 8 nitrogen and oxygen atoms in total. The number of rotatable bonds is 3. The second-order valence-electron chi connectivity index (χ2n) is 3.22. The number of hydrogen-bond acceptors (Lipinski definition) is 5. The molecule has 0 unspecified atom stereocenters. The number of aliphatic hydroxyl groups is 1. The fraction of sp³-hybridized carbons (Fsp3) is 0.222. The molecule has 0 fully saturated rings. The molecule has 0 saturated heterocycles. The lowest BCUT2D eigenvalue weighted by atomic mass is 10.1. The quantitative estimate of drug-likeness (QED) is 0.246. The van der Waals surface area contributed by atoms with Crippen LogP contribution in [0.3, 0.4) is 0 Å². The van der Waals surface area contributed by atoms with Crippen molar-refractivity contribution in [3.63, 3.8) is 0 Å². The number of guanidine groups is 1. The summed E-state index contributed by atoms with van der Waals surface area (Å²) in [5.41, 5.74) is 12.5. The zero-order valence-corrected chi connectivity index (χ0v) is 9.14. The number of amides is 1. The maximum absolute atomic E-state index is 11.6. The summed E-state index contributed by atoms with van der Waals surface area (Å²) in [6.07, 6.45) is 1.22. The second kappa shape index (κ2) is 5.12. The third-order valence-electron chi connectivity index (χ3n) is 2.03. The first-order chi connectivity index (χ1) is 7.97. The Morgan fingerprint density at radius 3 is 2.76 bits per heavy atom. The predicted molar refractivity (Wildman–Crippen MR) is 59.8 cm³/mol. The van der Waals surface area contributed by atoms with Crippen molar-refractivity contribution in [3.05, 3.63) is 23.0 Å². The zero-order chi connectivity index (χ0) is 13.0. The van der Waals surface area contributed by atoms with E-state index in [1.807, 2.05) is 0 Å². The van der Waals surface area contributed by atoms with E-state index in [1.165, 1.54) is 6.20 Å². The van der Waals surface area contributed by atoms with Crippen molar-refractivity contribution in [3.8, 4) is 5.75 Å². The molecule has 1 heterocycles. The maximum atomic E-state index is 11.6. The minimum Gasteiger partial charge on any atom is -0.506 e. The fourth-order valence-electron chi connectivity index (χ4n) is 1.18. The Kier molecular flexibility index (Phi) is 3.83. The molecule has 0 radical (unpaired) electrons. The van der Waals surface area contributed by atoms with Crippen LogP contribution in [-0.2, 0) is 6.61 Å². The van der Waals surface area contributed by atoms with E-state index in [4.69, 9.17) is 16.6 Å². The van der Waals surface area contributed by atoms with E-state index in [-0.39, 0.29) is 22.8 Å². The highest BCUT2D eigenvalue weighted by Gasteiger charge is 2.16.